The quantitative estimate of drug-likeness (QED) is 0.872. The van der Waals surface area contributed by atoms with E-state index in [2.05, 4.69) is 10.5 Å². The average Bonchev–Trinajstić information content (AvgIpc) is 3.03. The Kier molecular flexibility index (Phi) is 4.18. The number of esters is 1. The van der Waals surface area contributed by atoms with E-state index in [9.17, 15) is 9.59 Å². The van der Waals surface area contributed by atoms with Crippen molar-refractivity contribution in [2.75, 3.05) is 6.54 Å². The highest BCUT2D eigenvalue weighted by Crippen LogP contribution is 2.20. The lowest BCUT2D eigenvalue weighted by Crippen LogP contribution is -2.39. The number of nitrogens with one attached hydrogen (secondary N) is 1. The number of ether oxygens (including phenoxy) is 1. The van der Waals surface area contributed by atoms with Crippen LogP contribution in [0.5, 0.6) is 0 Å². The van der Waals surface area contributed by atoms with Crippen LogP contribution in [0.4, 0.5) is 0 Å². The zero-order valence-electron chi connectivity index (χ0n) is 12.0. The number of carbonyl (C=O) groups excluding carboxylic acids is 2. The first-order valence-corrected chi connectivity index (χ1v) is 7.17. The lowest BCUT2D eigenvalue weighted by molar-refractivity contribution is -0.151. The van der Waals surface area contributed by atoms with Crippen LogP contribution in [0.25, 0.3) is 11.3 Å². The van der Waals surface area contributed by atoms with Crippen LogP contribution >= 0.6 is 0 Å². The van der Waals surface area contributed by atoms with Gasteiger partial charge >= 0.3 is 5.97 Å². The van der Waals surface area contributed by atoms with E-state index < -0.39 is 0 Å². The Labute approximate surface area is 127 Å². The molecule has 1 amide bonds. The molecule has 0 saturated carbocycles. The van der Waals surface area contributed by atoms with Crippen LogP contribution in [0.3, 0.4) is 0 Å². The molecule has 114 valence electrons. The maximum absolute atomic E-state index is 11.9. The Morgan fingerprint density at radius 3 is 2.91 bits per heavy atom. The number of hydrogen-bond acceptors (Lipinski definition) is 5. The zero-order valence-corrected chi connectivity index (χ0v) is 12.0. The summed E-state index contributed by atoms with van der Waals surface area (Å²) in [7, 11) is 0. The standard InChI is InChI=1S/C16H16N2O4/c19-15-7-6-12(9-17-15)16(20)21-10-13-8-14(22-18-13)11-4-2-1-3-5-11/h1-5,8,12H,6-7,9-10H2,(H,17,19). The molecule has 0 spiro atoms. The fourth-order valence-electron chi connectivity index (χ4n) is 2.32. The minimum absolute atomic E-state index is 0.0203. The molecule has 6 nitrogen and oxygen atoms in total. The van der Waals surface area contributed by atoms with Crippen molar-refractivity contribution in [3.63, 3.8) is 0 Å². The van der Waals surface area contributed by atoms with Crippen LogP contribution in [-0.4, -0.2) is 23.6 Å². The van der Waals surface area contributed by atoms with Gasteiger partial charge in [0.25, 0.3) is 0 Å². The van der Waals surface area contributed by atoms with E-state index in [0.29, 0.717) is 30.8 Å². The molecule has 2 heterocycles. The van der Waals surface area contributed by atoms with Gasteiger partial charge < -0.3 is 14.6 Å². The fourth-order valence-corrected chi connectivity index (χ4v) is 2.32. The van der Waals surface area contributed by atoms with E-state index in [1.54, 1.807) is 6.07 Å². The van der Waals surface area contributed by atoms with E-state index in [0.717, 1.165) is 5.56 Å². The molecule has 0 aliphatic carbocycles. The number of nitrogens with zero attached hydrogens (tertiary/aromatic N) is 1. The number of benzene rings is 1. The van der Waals surface area contributed by atoms with Crippen molar-refractivity contribution in [2.45, 2.75) is 19.4 Å². The van der Waals surface area contributed by atoms with Gasteiger partial charge in [-0.15, -0.1) is 0 Å². The molecule has 1 atom stereocenters. The smallest absolute Gasteiger partial charge is 0.311 e. The highest BCUT2D eigenvalue weighted by Gasteiger charge is 2.25. The maximum atomic E-state index is 11.9. The second kappa shape index (κ2) is 6.43. The molecule has 22 heavy (non-hydrogen) atoms. The second-order valence-electron chi connectivity index (χ2n) is 5.20. The fraction of sp³-hybridized carbons (Fsp3) is 0.312. The number of hydrogen-bond donors (Lipinski definition) is 1. The van der Waals surface area contributed by atoms with Crippen molar-refractivity contribution in [3.8, 4) is 11.3 Å². The van der Waals surface area contributed by atoms with Gasteiger partial charge in [-0.2, -0.15) is 0 Å². The molecule has 3 rings (SSSR count). The Morgan fingerprint density at radius 2 is 2.18 bits per heavy atom. The molecule has 6 heteroatoms. The summed E-state index contributed by atoms with van der Waals surface area (Å²) < 4.78 is 10.5. The molecule has 1 aromatic heterocycles. The van der Waals surface area contributed by atoms with E-state index in [-0.39, 0.29) is 24.4 Å². The van der Waals surface area contributed by atoms with Gasteiger partial charge in [0.1, 0.15) is 12.3 Å². The summed E-state index contributed by atoms with van der Waals surface area (Å²) in [5, 5.41) is 6.56. The Bertz CT molecular complexity index is 656. The lowest BCUT2D eigenvalue weighted by Gasteiger charge is -2.20. The predicted molar refractivity (Wildman–Crippen MR) is 77.5 cm³/mol. The summed E-state index contributed by atoms with van der Waals surface area (Å²) in [6.45, 7) is 0.408. The molecule has 1 aromatic carbocycles. The SMILES string of the molecule is O=C1CCC(C(=O)OCc2cc(-c3ccccc3)on2)CN1. The van der Waals surface area contributed by atoms with Gasteiger partial charge in [-0.1, -0.05) is 35.5 Å². The van der Waals surface area contributed by atoms with Gasteiger partial charge in [0.05, 0.1) is 5.92 Å². The molecule has 1 unspecified atom stereocenters. The molecular formula is C16H16N2O4. The van der Waals surface area contributed by atoms with E-state index in [1.807, 2.05) is 30.3 Å². The lowest BCUT2D eigenvalue weighted by atomic mass is 10.00. The third-order valence-corrected chi connectivity index (χ3v) is 3.58. The average molecular weight is 300 g/mol. The molecule has 0 bridgehead atoms. The maximum Gasteiger partial charge on any atom is 0.311 e. The van der Waals surface area contributed by atoms with Crippen molar-refractivity contribution in [2.24, 2.45) is 5.92 Å². The first-order chi connectivity index (χ1) is 10.7. The minimum atomic E-state index is -0.315. The number of amides is 1. The van der Waals surface area contributed by atoms with Crippen LogP contribution in [0.2, 0.25) is 0 Å². The number of piperidine rings is 1. The normalized spacial score (nSPS) is 17.8. The number of aromatic nitrogens is 1. The summed E-state index contributed by atoms with van der Waals surface area (Å²) in [5.74, 6) is 0.0205. The van der Waals surface area contributed by atoms with Gasteiger partial charge in [0, 0.05) is 24.6 Å². The van der Waals surface area contributed by atoms with Crippen LogP contribution in [0.1, 0.15) is 18.5 Å². The second-order valence-corrected chi connectivity index (χ2v) is 5.20. The number of rotatable bonds is 4. The molecular weight excluding hydrogens is 284 g/mol. The molecule has 1 N–H and O–H groups in total. The highest BCUT2D eigenvalue weighted by molar-refractivity contribution is 5.80. The van der Waals surface area contributed by atoms with Crippen molar-refractivity contribution >= 4 is 11.9 Å². The minimum Gasteiger partial charge on any atom is -0.459 e. The molecule has 1 fully saturated rings. The monoisotopic (exact) mass is 300 g/mol. The third-order valence-electron chi connectivity index (χ3n) is 3.58. The van der Waals surface area contributed by atoms with Gasteiger partial charge in [0.2, 0.25) is 5.91 Å². The largest absolute Gasteiger partial charge is 0.459 e. The van der Waals surface area contributed by atoms with Gasteiger partial charge in [-0.25, -0.2) is 0 Å². The van der Waals surface area contributed by atoms with Crippen molar-refractivity contribution < 1.29 is 18.8 Å². The van der Waals surface area contributed by atoms with Gasteiger partial charge in [0.15, 0.2) is 5.76 Å². The Morgan fingerprint density at radius 1 is 1.36 bits per heavy atom. The Hall–Kier alpha value is -2.63. The van der Waals surface area contributed by atoms with Crippen LogP contribution in [-0.2, 0) is 20.9 Å². The highest BCUT2D eigenvalue weighted by atomic mass is 16.5. The Balaban J connectivity index is 1.55. The van der Waals surface area contributed by atoms with Crippen LogP contribution < -0.4 is 5.32 Å². The van der Waals surface area contributed by atoms with Gasteiger partial charge in [-0.05, 0) is 6.42 Å². The summed E-state index contributed by atoms with van der Waals surface area (Å²) in [6, 6.07) is 11.3. The predicted octanol–water partition coefficient (Wildman–Crippen LogP) is 1.91. The zero-order chi connectivity index (χ0) is 15.4. The first-order valence-electron chi connectivity index (χ1n) is 7.17. The molecule has 0 radical (unpaired) electrons. The summed E-state index contributed by atoms with van der Waals surface area (Å²) >= 11 is 0. The van der Waals surface area contributed by atoms with Gasteiger partial charge in [-0.3, -0.25) is 9.59 Å². The van der Waals surface area contributed by atoms with Crippen molar-refractivity contribution in [1.29, 1.82) is 0 Å². The molecule has 1 aliphatic rings. The van der Waals surface area contributed by atoms with E-state index in [1.165, 1.54) is 0 Å². The summed E-state index contributed by atoms with van der Waals surface area (Å²) in [6.07, 6.45) is 0.890. The third kappa shape index (κ3) is 3.33. The van der Waals surface area contributed by atoms with Crippen LogP contribution in [0.15, 0.2) is 40.9 Å². The van der Waals surface area contributed by atoms with E-state index >= 15 is 0 Å². The molecule has 1 saturated heterocycles. The first kappa shape index (κ1) is 14.3. The number of carbonyl (C=O) groups is 2. The topological polar surface area (TPSA) is 81.4 Å². The summed E-state index contributed by atoms with van der Waals surface area (Å²) in [5.41, 5.74) is 1.48. The van der Waals surface area contributed by atoms with E-state index in [4.69, 9.17) is 9.26 Å². The molecule has 1 aliphatic heterocycles. The summed E-state index contributed by atoms with van der Waals surface area (Å²) in [4.78, 5) is 23.0. The molecule has 2 aromatic rings. The van der Waals surface area contributed by atoms with Crippen LogP contribution in [0, 0.1) is 5.92 Å². The van der Waals surface area contributed by atoms with Crippen molar-refractivity contribution in [3.05, 3.63) is 42.1 Å². The van der Waals surface area contributed by atoms with Crippen molar-refractivity contribution in [1.82, 2.24) is 10.5 Å².